The molecular formula is C14H18F4N2. The molecule has 1 fully saturated rings. The Balaban J connectivity index is 1.94. The number of pyridine rings is 1. The van der Waals surface area contributed by atoms with Crippen molar-refractivity contribution in [1.82, 2.24) is 4.98 Å². The molecule has 0 aliphatic heterocycles. The molecule has 2 unspecified atom stereocenters. The summed E-state index contributed by atoms with van der Waals surface area (Å²) < 4.78 is 52.6. The molecule has 0 radical (unpaired) electrons. The Bertz CT molecular complexity index is 452. The minimum absolute atomic E-state index is 0.286. The van der Waals surface area contributed by atoms with Crippen LogP contribution in [0, 0.1) is 35.4 Å². The molecule has 1 aliphatic rings. The summed E-state index contributed by atoms with van der Waals surface area (Å²) in [5.41, 5.74) is -0.765. The molecule has 20 heavy (non-hydrogen) atoms. The minimum Gasteiger partial charge on any atom is -0.380 e. The second-order valence-electron chi connectivity index (χ2n) is 5.55. The van der Waals surface area contributed by atoms with Crippen molar-refractivity contribution < 1.29 is 17.6 Å². The van der Waals surface area contributed by atoms with Crippen molar-refractivity contribution in [2.45, 2.75) is 39.0 Å². The Morgan fingerprint density at radius 3 is 2.35 bits per heavy atom. The number of nitrogens with zero attached hydrogens (tertiary/aromatic N) is 1. The van der Waals surface area contributed by atoms with Crippen LogP contribution in [0.15, 0.2) is 0 Å². The Labute approximate surface area is 115 Å². The van der Waals surface area contributed by atoms with Gasteiger partial charge in [-0.05, 0) is 24.7 Å². The first-order valence-corrected chi connectivity index (χ1v) is 6.93. The fraction of sp³-hybridized carbons (Fsp3) is 0.643. The lowest BCUT2D eigenvalue weighted by atomic mass is 9.81. The van der Waals surface area contributed by atoms with Gasteiger partial charge in [-0.15, -0.1) is 0 Å². The van der Waals surface area contributed by atoms with E-state index in [0.29, 0.717) is 11.8 Å². The van der Waals surface area contributed by atoms with E-state index in [1.165, 1.54) is 6.42 Å². The third kappa shape index (κ3) is 3.41. The third-order valence-corrected chi connectivity index (χ3v) is 3.90. The quantitative estimate of drug-likeness (QED) is 0.662. The van der Waals surface area contributed by atoms with Gasteiger partial charge in [0.1, 0.15) is 5.69 Å². The van der Waals surface area contributed by atoms with E-state index < -0.39 is 29.2 Å². The van der Waals surface area contributed by atoms with E-state index in [4.69, 9.17) is 0 Å². The number of rotatable bonds is 4. The Hall–Kier alpha value is -1.33. The molecule has 1 heterocycles. The number of halogens is 4. The van der Waals surface area contributed by atoms with Gasteiger partial charge >= 0.3 is 0 Å². The zero-order valence-electron chi connectivity index (χ0n) is 11.4. The lowest BCUT2D eigenvalue weighted by Crippen LogP contribution is -2.18. The van der Waals surface area contributed by atoms with Gasteiger partial charge in [0, 0.05) is 6.54 Å². The van der Waals surface area contributed by atoms with Gasteiger partial charge in [-0.1, -0.05) is 26.2 Å². The van der Waals surface area contributed by atoms with Crippen molar-refractivity contribution in [1.29, 1.82) is 0 Å². The summed E-state index contributed by atoms with van der Waals surface area (Å²) in [6.45, 7) is 2.47. The van der Waals surface area contributed by atoms with E-state index in [0.717, 1.165) is 25.7 Å². The average molecular weight is 290 g/mol. The predicted octanol–water partition coefficient (Wildman–Crippen LogP) is 4.27. The van der Waals surface area contributed by atoms with Crippen molar-refractivity contribution in [3.05, 3.63) is 23.5 Å². The summed E-state index contributed by atoms with van der Waals surface area (Å²) in [6.07, 6.45) is 5.29. The van der Waals surface area contributed by atoms with E-state index >= 15 is 0 Å². The SMILES string of the molecule is CC1CCCC(CCNc2c(F)c(F)nc(F)c2F)C1. The monoisotopic (exact) mass is 290 g/mol. The molecule has 0 amide bonds. The molecule has 1 N–H and O–H groups in total. The van der Waals surface area contributed by atoms with E-state index in [1.807, 2.05) is 0 Å². The Morgan fingerprint density at radius 1 is 1.10 bits per heavy atom. The van der Waals surface area contributed by atoms with Gasteiger partial charge in [-0.25, -0.2) is 0 Å². The van der Waals surface area contributed by atoms with Gasteiger partial charge in [0.05, 0.1) is 0 Å². The zero-order valence-corrected chi connectivity index (χ0v) is 11.4. The highest BCUT2D eigenvalue weighted by atomic mass is 19.2. The Morgan fingerprint density at radius 2 is 1.75 bits per heavy atom. The second-order valence-corrected chi connectivity index (χ2v) is 5.55. The second kappa shape index (κ2) is 6.41. The topological polar surface area (TPSA) is 24.9 Å². The molecule has 0 saturated heterocycles. The number of aromatic nitrogens is 1. The highest BCUT2D eigenvalue weighted by Crippen LogP contribution is 2.31. The molecular weight excluding hydrogens is 272 g/mol. The van der Waals surface area contributed by atoms with E-state index in [9.17, 15) is 17.6 Å². The van der Waals surface area contributed by atoms with Gasteiger partial charge in [0.2, 0.25) is 11.6 Å². The molecule has 1 saturated carbocycles. The fourth-order valence-corrected chi connectivity index (χ4v) is 2.87. The normalized spacial score (nSPS) is 22.9. The zero-order chi connectivity index (χ0) is 14.7. The van der Waals surface area contributed by atoms with Crippen molar-refractivity contribution in [3.8, 4) is 0 Å². The molecule has 2 atom stereocenters. The van der Waals surface area contributed by atoms with E-state index in [-0.39, 0.29) is 6.54 Å². The van der Waals surface area contributed by atoms with Crippen molar-refractivity contribution in [3.63, 3.8) is 0 Å². The highest BCUT2D eigenvalue weighted by Gasteiger charge is 2.22. The van der Waals surface area contributed by atoms with Gasteiger partial charge < -0.3 is 5.32 Å². The lowest BCUT2D eigenvalue weighted by molar-refractivity contribution is 0.274. The number of nitrogens with one attached hydrogen (secondary N) is 1. The van der Waals surface area contributed by atoms with Crippen molar-refractivity contribution in [2.24, 2.45) is 11.8 Å². The fourth-order valence-electron chi connectivity index (χ4n) is 2.87. The maximum absolute atomic E-state index is 13.4. The number of anilines is 1. The van der Waals surface area contributed by atoms with Crippen LogP contribution in [0.4, 0.5) is 23.2 Å². The highest BCUT2D eigenvalue weighted by molar-refractivity contribution is 5.45. The first-order chi connectivity index (χ1) is 9.49. The summed E-state index contributed by atoms with van der Waals surface area (Å²) in [5, 5.41) is 2.46. The average Bonchev–Trinajstić information content (AvgIpc) is 2.40. The first-order valence-electron chi connectivity index (χ1n) is 6.93. The van der Waals surface area contributed by atoms with Gasteiger partial charge in [0.15, 0.2) is 0 Å². The molecule has 112 valence electrons. The van der Waals surface area contributed by atoms with Crippen LogP contribution in [0.1, 0.15) is 39.0 Å². The molecule has 1 aromatic rings. The van der Waals surface area contributed by atoms with Crippen LogP contribution in [-0.2, 0) is 0 Å². The van der Waals surface area contributed by atoms with Crippen LogP contribution < -0.4 is 5.32 Å². The molecule has 0 aromatic carbocycles. The maximum Gasteiger partial charge on any atom is 0.253 e. The van der Waals surface area contributed by atoms with Gasteiger partial charge in [0.25, 0.3) is 11.9 Å². The van der Waals surface area contributed by atoms with Crippen LogP contribution in [-0.4, -0.2) is 11.5 Å². The maximum atomic E-state index is 13.4. The summed E-state index contributed by atoms with van der Waals surface area (Å²) >= 11 is 0. The van der Waals surface area contributed by atoms with Crippen LogP contribution in [0.2, 0.25) is 0 Å². The molecule has 1 aromatic heterocycles. The Kier molecular flexibility index (Phi) is 4.83. The van der Waals surface area contributed by atoms with Gasteiger partial charge in [-0.3, -0.25) is 0 Å². The molecule has 6 heteroatoms. The molecule has 0 bridgehead atoms. The lowest BCUT2D eigenvalue weighted by Gasteiger charge is -2.26. The number of hydrogen-bond acceptors (Lipinski definition) is 2. The first kappa shape index (κ1) is 15.1. The number of hydrogen-bond donors (Lipinski definition) is 1. The summed E-state index contributed by atoms with van der Waals surface area (Å²) in [5.74, 6) is -5.04. The predicted molar refractivity (Wildman–Crippen MR) is 68.3 cm³/mol. The summed E-state index contributed by atoms with van der Waals surface area (Å²) in [4.78, 5) is 2.52. The standard InChI is InChI=1S/C14H18F4N2/c1-8-3-2-4-9(7-8)5-6-19-12-10(15)13(17)20-14(18)11(12)16/h8-9H,2-7H2,1H3,(H,19,20). The molecule has 2 nitrogen and oxygen atoms in total. The van der Waals surface area contributed by atoms with Crippen LogP contribution in [0.25, 0.3) is 0 Å². The summed E-state index contributed by atoms with van der Waals surface area (Å²) in [6, 6.07) is 0. The van der Waals surface area contributed by atoms with Gasteiger partial charge in [-0.2, -0.15) is 22.5 Å². The van der Waals surface area contributed by atoms with Crippen molar-refractivity contribution >= 4 is 5.69 Å². The smallest absolute Gasteiger partial charge is 0.253 e. The molecule has 1 aliphatic carbocycles. The summed E-state index contributed by atoms with van der Waals surface area (Å²) in [7, 11) is 0. The van der Waals surface area contributed by atoms with Crippen LogP contribution >= 0.6 is 0 Å². The minimum atomic E-state index is -1.63. The third-order valence-electron chi connectivity index (χ3n) is 3.90. The van der Waals surface area contributed by atoms with E-state index in [1.54, 1.807) is 0 Å². The van der Waals surface area contributed by atoms with Crippen LogP contribution in [0.5, 0.6) is 0 Å². The molecule has 0 spiro atoms. The largest absolute Gasteiger partial charge is 0.380 e. The molecule has 2 rings (SSSR count). The van der Waals surface area contributed by atoms with Crippen LogP contribution in [0.3, 0.4) is 0 Å². The van der Waals surface area contributed by atoms with E-state index in [2.05, 4.69) is 17.2 Å². The van der Waals surface area contributed by atoms with Crippen molar-refractivity contribution in [2.75, 3.05) is 11.9 Å².